The third kappa shape index (κ3) is 9.24. The molecule has 136 valence electrons. The molecule has 1 fully saturated rings. The molecule has 0 bridgehead atoms. The van der Waals surface area contributed by atoms with E-state index < -0.39 is 10.0 Å². The van der Waals surface area contributed by atoms with Crippen LogP contribution in [0.15, 0.2) is 0 Å². The Morgan fingerprint density at radius 3 is 2.48 bits per heavy atom. The van der Waals surface area contributed by atoms with E-state index in [0.717, 1.165) is 19.5 Å². The molecule has 1 aliphatic rings. The van der Waals surface area contributed by atoms with E-state index in [-0.39, 0.29) is 18.9 Å². The molecule has 23 heavy (non-hydrogen) atoms. The second-order valence-electron chi connectivity index (χ2n) is 6.40. The minimum atomic E-state index is -3.30. The topological polar surface area (TPSA) is 79.0 Å². The van der Waals surface area contributed by atoms with Crippen molar-refractivity contribution in [2.75, 3.05) is 58.7 Å². The van der Waals surface area contributed by atoms with Gasteiger partial charge in [-0.2, -0.15) is 0 Å². The second kappa shape index (κ2) is 10.2. The van der Waals surface area contributed by atoms with Gasteiger partial charge in [-0.1, -0.05) is 13.8 Å². The molecular formula is C15H31N3O4S. The minimum Gasteiger partial charge on any atom is -0.379 e. The van der Waals surface area contributed by atoms with Crippen molar-refractivity contribution in [1.29, 1.82) is 0 Å². The van der Waals surface area contributed by atoms with Crippen LogP contribution in [0.25, 0.3) is 0 Å². The first-order valence-electron chi connectivity index (χ1n) is 8.31. The Bertz CT molecular complexity index is 448. The molecule has 1 saturated heterocycles. The van der Waals surface area contributed by atoms with Crippen LogP contribution >= 0.6 is 0 Å². The van der Waals surface area contributed by atoms with E-state index in [9.17, 15) is 13.2 Å². The van der Waals surface area contributed by atoms with E-state index in [2.05, 4.69) is 24.1 Å². The lowest BCUT2D eigenvalue weighted by Gasteiger charge is -2.29. The van der Waals surface area contributed by atoms with Crippen LogP contribution in [0.4, 0.5) is 0 Å². The van der Waals surface area contributed by atoms with Gasteiger partial charge in [-0.05, 0) is 12.3 Å². The fourth-order valence-corrected chi connectivity index (χ4v) is 3.17. The molecule has 7 nitrogen and oxygen atoms in total. The number of carbonyl (C=O) groups excluding carboxylic acids is 1. The van der Waals surface area contributed by atoms with E-state index in [1.54, 1.807) is 0 Å². The van der Waals surface area contributed by atoms with E-state index in [1.165, 1.54) is 10.6 Å². The van der Waals surface area contributed by atoms with Gasteiger partial charge in [0.25, 0.3) is 0 Å². The molecular weight excluding hydrogens is 318 g/mol. The third-order valence-corrected chi connectivity index (χ3v) is 5.17. The number of hydrogen-bond donors (Lipinski definition) is 1. The highest BCUT2D eigenvalue weighted by Gasteiger charge is 2.19. The summed E-state index contributed by atoms with van der Waals surface area (Å²) in [4.78, 5) is 14.0. The molecule has 0 atom stereocenters. The molecule has 0 saturated carbocycles. The van der Waals surface area contributed by atoms with Gasteiger partial charge in [0.1, 0.15) is 0 Å². The summed E-state index contributed by atoms with van der Waals surface area (Å²) < 4.78 is 30.4. The summed E-state index contributed by atoms with van der Waals surface area (Å²) in [7, 11) is -3.30. The monoisotopic (exact) mass is 349 g/mol. The Balaban J connectivity index is 2.35. The van der Waals surface area contributed by atoms with Crippen molar-refractivity contribution in [2.24, 2.45) is 5.92 Å². The average molecular weight is 349 g/mol. The highest BCUT2D eigenvalue weighted by atomic mass is 32.2. The van der Waals surface area contributed by atoms with Crippen LogP contribution in [-0.4, -0.2) is 82.3 Å². The summed E-state index contributed by atoms with van der Waals surface area (Å²) in [5.74, 6) is 0.446. The Hall–Kier alpha value is -0.700. The lowest BCUT2D eigenvalue weighted by molar-refractivity contribution is -0.121. The first-order chi connectivity index (χ1) is 10.8. The largest absolute Gasteiger partial charge is 0.379 e. The normalized spacial score (nSPS) is 16.9. The number of carbonyl (C=O) groups is 1. The number of hydrogen-bond acceptors (Lipinski definition) is 5. The molecule has 1 aliphatic heterocycles. The number of nitrogens with zero attached hydrogens (tertiary/aromatic N) is 2. The highest BCUT2D eigenvalue weighted by Crippen LogP contribution is 2.03. The molecule has 0 spiro atoms. The van der Waals surface area contributed by atoms with Crippen molar-refractivity contribution >= 4 is 15.9 Å². The summed E-state index contributed by atoms with van der Waals surface area (Å²) in [6.07, 6.45) is 2.33. The first-order valence-corrected chi connectivity index (χ1v) is 10.2. The molecule has 1 N–H and O–H groups in total. The van der Waals surface area contributed by atoms with Gasteiger partial charge >= 0.3 is 0 Å². The van der Waals surface area contributed by atoms with Crippen LogP contribution in [0.5, 0.6) is 0 Å². The molecule has 0 aromatic rings. The van der Waals surface area contributed by atoms with Gasteiger partial charge in [0, 0.05) is 45.7 Å². The number of morpholine rings is 1. The lowest BCUT2D eigenvalue weighted by Crippen LogP contribution is -2.43. The Labute approximate surface area is 140 Å². The van der Waals surface area contributed by atoms with E-state index in [1.807, 2.05) is 0 Å². The number of ether oxygens (including phenoxy) is 1. The van der Waals surface area contributed by atoms with Gasteiger partial charge < -0.3 is 10.1 Å². The van der Waals surface area contributed by atoms with Gasteiger partial charge in [0.15, 0.2) is 0 Å². The van der Waals surface area contributed by atoms with Gasteiger partial charge in [-0.25, -0.2) is 12.7 Å². The Morgan fingerprint density at radius 1 is 1.26 bits per heavy atom. The molecule has 0 aliphatic carbocycles. The van der Waals surface area contributed by atoms with Gasteiger partial charge in [-0.15, -0.1) is 0 Å². The maximum Gasteiger partial charge on any atom is 0.221 e. The van der Waals surface area contributed by atoms with E-state index >= 15 is 0 Å². The summed E-state index contributed by atoms with van der Waals surface area (Å²) in [5, 5.41) is 2.84. The van der Waals surface area contributed by atoms with Crippen LogP contribution in [0.3, 0.4) is 0 Å². The van der Waals surface area contributed by atoms with Gasteiger partial charge in [-0.3, -0.25) is 9.69 Å². The van der Waals surface area contributed by atoms with Crippen molar-refractivity contribution in [3.63, 3.8) is 0 Å². The molecule has 0 aromatic carbocycles. The van der Waals surface area contributed by atoms with Crippen LogP contribution in [0, 0.1) is 5.92 Å². The summed E-state index contributed by atoms with van der Waals surface area (Å²) >= 11 is 0. The average Bonchev–Trinajstić information content (AvgIpc) is 2.46. The fourth-order valence-electron chi connectivity index (χ4n) is 2.34. The van der Waals surface area contributed by atoms with Crippen LogP contribution in [-0.2, 0) is 19.6 Å². The molecule has 1 heterocycles. The number of rotatable bonds is 10. The molecule has 0 radical (unpaired) electrons. The standard InChI is InChI=1S/C15H31N3O4S/c1-14(2)4-6-16-15(19)5-7-18(23(3,20)21)9-8-17-10-12-22-13-11-17/h14H,4-13H2,1-3H3,(H,16,19). The van der Waals surface area contributed by atoms with Crippen LogP contribution in [0.1, 0.15) is 26.7 Å². The van der Waals surface area contributed by atoms with Crippen molar-refractivity contribution in [3.8, 4) is 0 Å². The summed E-state index contributed by atoms with van der Waals surface area (Å²) in [6, 6.07) is 0. The summed E-state index contributed by atoms with van der Waals surface area (Å²) in [5.41, 5.74) is 0. The van der Waals surface area contributed by atoms with Crippen molar-refractivity contribution in [2.45, 2.75) is 26.7 Å². The predicted octanol–water partition coefficient (Wildman–Crippen LogP) is 0.133. The second-order valence-corrected chi connectivity index (χ2v) is 8.38. The fraction of sp³-hybridized carbons (Fsp3) is 0.933. The maximum absolute atomic E-state index is 11.9. The van der Waals surface area contributed by atoms with E-state index in [0.29, 0.717) is 38.8 Å². The van der Waals surface area contributed by atoms with Crippen molar-refractivity contribution < 1.29 is 17.9 Å². The molecule has 1 amide bonds. The highest BCUT2D eigenvalue weighted by molar-refractivity contribution is 7.88. The zero-order valence-corrected chi connectivity index (χ0v) is 15.4. The summed E-state index contributed by atoms with van der Waals surface area (Å²) in [6.45, 7) is 9.20. The molecule has 1 rings (SSSR count). The lowest BCUT2D eigenvalue weighted by atomic mass is 10.1. The van der Waals surface area contributed by atoms with Gasteiger partial charge in [0.05, 0.1) is 19.5 Å². The van der Waals surface area contributed by atoms with Crippen molar-refractivity contribution in [1.82, 2.24) is 14.5 Å². The Morgan fingerprint density at radius 2 is 1.91 bits per heavy atom. The zero-order chi connectivity index (χ0) is 17.3. The molecule has 0 unspecified atom stereocenters. The number of amides is 1. The maximum atomic E-state index is 11.9. The number of sulfonamides is 1. The van der Waals surface area contributed by atoms with Crippen molar-refractivity contribution in [3.05, 3.63) is 0 Å². The van der Waals surface area contributed by atoms with Gasteiger partial charge in [0.2, 0.25) is 15.9 Å². The first kappa shape index (κ1) is 20.3. The van der Waals surface area contributed by atoms with Crippen LogP contribution < -0.4 is 5.32 Å². The third-order valence-electron chi connectivity index (χ3n) is 3.87. The SMILES string of the molecule is CC(C)CCNC(=O)CCN(CCN1CCOCC1)S(C)(=O)=O. The predicted molar refractivity (Wildman–Crippen MR) is 90.8 cm³/mol. The Kier molecular flexibility index (Phi) is 9.04. The molecule has 0 aromatic heterocycles. The zero-order valence-electron chi connectivity index (χ0n) is 14.6. The smallest absolute Gasteiger partial charge is 0.221 e. The number of nitrogens with one attached hydrogen (secondary N) is 1. The quantitative estimate of drug-likeness (QED) is 0.607. The van der Waals surface area contributed by atoms with E-state index in [4.69, 9.17) is 4.74 Å². The van der Waals surface area contributed by atoms with Crippen LogP contribution in [0.2, 0.25) is 0 Å². The minimum absolute atomic E-state index is 0.0920. The molecule has 8 heteroatoms.